The number of hydrogen-bond donors (Lipinski definition) is 2. The summed E-state index contributed by atoms with van der Waals surface area (Å²) in [6, 6.07) is 17.2. The van der Waals surface area contributed by atoms with Gasteiger partial charge in [-0.25, -0.2) is 4.98 Å². The Hall–Kier alpha value is -3.71. The molecule has 0 radical (unpaired) electrons. The van der Waals surface area contributed by atoms with Gasteiger partial charge >= 0.3 is 0 Å². The van der Waals surface area contributed by atoms with Crippen LogP contribution in [0.5, 0.6) is 0 Å². The van der Waals surface area contributed by atoms with E-state index in [0.29, 0.717) is 23.3 Å². The maximum absolute atomic E-state index is 12.0. The molecule has 0 aliphatic rings. The minimum Gasteiger partial charge on any atom is -0.465 e. The average Bonchev–Trinajstić information content (AvgIpc) is 3.46. The van der Waals surface area contributed by atoms with Crippen molar-refractivity contribution in [2.45, 2.75) is 26.2 Å². The van der Waals surface area contributed by atoms with Crippen LogP contribution in [0.3, 0.4) is 0 Å². The lowest BCUT2D eigenvalue weighted by atomic mass is 9.98. The zero-order chi connectivity index (χ0) is 22.5. The number of anilines is 1. The van der Waals surface area contributed by atoms with Crippen molar-refractivity contribution in [2.24, 2.45) is 0 Å². The molecule has 0 aliphatic carbocycles. The van der Waals surface area contributed by atoms with Gasteiger partial charge in [0, 0.05) is 17.3 Å². The number of aromatic nitrogens is 1. The number of oxazole rings is 1. The van der Waals surface area contributed by atoms with Gasteiger partial charge in [-0.2, -0.15) is 0 Å². The van der Waals surface area contributed by atoms with Gasteiger partial charge in [-0.15, -0.1) is 0 Å². The summed E-state index contributed by atoms with van der Waals surface area (Å²) in [6.07, 6.45) is 5.53. The molecule has 2 heterocycles. The monoisotopic (exact) mass is 445 g/mol. The molecular weight excluding hydrogens is 422 g/mol. The Bertz CT molecular complexity index is 1270. The lowest BCUT2D eigenvalue weighted by Gasteiger charge is -2.08. The average molecular weight is 446 g/mol. The van der Waals surface area contributed by atoms with Crippen LogP contribution in [-0.2, 0) is 4.79 Å². The molecule has 0 saturated heterocycles. The lowest BCUT2D eigenvalue weighted by molar-refractivity contribution is -0.115. The van der Waals surface area contributed by atoms with Crippen molar-refractivity contribution in [2.75, 3.05) is 5.32 Å². The van der Waals surface area contributed by atoms with E-state index in [1.165, 1.54) is 17.9 Å². The van der Waals surface area contributed by atoms with Crippen LogP contribution in [-0.4, -0.2) is 16.0 Å². The zero-order valence-electron chi connectivity index (χ0n) is 17.8. The van der Waals surface area contributed by atoms with E-state index in [1.807, 2.05) is 30.3 Å². The number of benzene rings is 2. The fourth-order valence-electron chi connectivity index (χ4n) is 3.20. The van der Waals surface area contributed by atoms with Gasteiger partial charge in [-0.1, -0.05) is 26.0 Å². The number of thiocarbonyl (C=S) groups is 1. The van der Waals surface area contributed by atoms with E-state index in [4.69, 9.17) is 21.1 Å². The molecule has 0 bridgehead atoms. The Morgan fingerprint density at radius 3 is 2.84 bits per heavy atom. The number of carbonyl (C=O) groups is 1. The topological polar surface area (TPSA) is 80.3 Å². The first-order chi connectivity index (χ1) is 15.5. The van der Waals surface area contributed by atoms with Crippen LogP contribution in [0.25, 0.3) is 28.6 Å². The molecule has 32 heavy (non-hydrogen) atoms. The van der Waals surface area contributed by atoms with Crippen molar-refractivity contribution < 1.29 is 13.6 Å². The van der Waals surface area contributed by atoms with Gasteiger partial charge in [0.2, 0.25) is 11.8 Å². The van der Waals surface area contributed by atoms with Crippen LogP contribution < -0.4 is 10.6 Å². The van der Waals surface area contributed by atoms with Crippen molar-refractivity contribution in [1.29, 1.82) is 0 Å². The van der Waals surface area contributed by atoms with E-state index >= 15 is 0 Å². The smallest absolute Gasteiger partial charge is 0.250 e. The summed E-state index contributed by atoms with van der Waals surface area (Å²) >= 11 is 5.25. The van der Waals surface area contributed by atoms with Gasteiger partial charge < -0.3 is 14.2 Å². The Morgan fingerprint density at radius 1 is 1.19 bits per heavy atom. The van der Waals surface area contributed by atoms with Crippen LogP contribution in [0.2, 0.25) is 0 Å². The Balaban J connectivity index is 1.45. The molecule has 2 aromatic heterocycles. The Labute approximate surface area is 191 Å². The van der Waals surface area contributed by atoms with Crippen molar-refractivity contribution >= 4 is 46.1 Å². The summed E-state index contributed by atoms with van der Waals surface area (Å²) in [5, 5.41) is 5.81. The lowest BCUT2D eigenvalue weighted by Crippen LogP contribution is -2.32. The quantitative estimate of drug-likeness (QED) is 0.275. The highest BCUT2D eigenvalue weighted by Crippen LogP contribution is 2.29. The molecule has 2 aromatic carbocycles. The van der Waals surface area contributed by atoms with Crippen molar-refractivity contribution in [3.63, 3.8) is 0 Å². The largest absolute Gasteiger partial charge is 0.465 e. The van der Waals surface area contributed by atoms with Gasteiger partial charge in [0.1, 0.15) is 11.3 Å². The van der Waals surface area contributed by atoms with Crippen molar-refractivity contribution in [1.82, 2.24) is 10.3 Å². The van der Waals surface area contributed by atoms with E-state index in [-0.39, 0.29) is 11.0 Å². The van der Waals surface area contributed by atoms with Crippen molar-refractivity contribution in [3.8, 4) is 11.5 Å². The van der Waals surface area contributed by atoms with Crippen molar-refractivity contribution in [3.05, 3.63) is 78.3 Å². The van der Waals surface area contributed by atoms with Gasteiger partial charge in [-0.05, 0) is 78.7 Å². The highest BCUT2D eigenvalue weighted by Gasteiger charge is 2.12. The van der Waals surface area contributed by atoms with E-state index in [9.17, 15) is 4.79 Å². The highest BCUT2D eigenvalue weighted by molar-refractivity contribution is 7.80. The molecule has 4 rings (SSSR count). The number of rotatable bonds is 6. The SMILES string of the molecule is CC[C@H](C)c1ccc2oc(-c3cccc(NC(=S)NC(=O)/C=C/c4ccco4)c3)nc2c1. The zero-order valence-corrected chi connectivity index (χ0v) is 18.6. The summed E-state index contributed by atoms with van der Waals surface area (Å²) in [5.41, 5.74) is 4.35. The van der Waals surface area contributed by atoms with E-state index in [2.05, 4.69) is 41.6 Å². The standard InChI is InChI=1S/C25H23N3O3S/c1-3-16(2)17-9-11-22-21(15-17)27-24(31-22)18-6-4-7-19(14-18)26-25(32)28-23(29)12-10-20-8-5-13-30-20/h4-16H,3H2,1-2H3,(H2,26,28,29,32)/b12-10+/t16-/m0/s1. The number of nitrogens with one attached hydrogen (secondary N) is 2. The summed E-state index contributed by atoms with van der Waals surface area (Å²) < 4.78 is 11.1. The molecule has 0 unspecified atom stereocenters. The second kappa shape index (κ2) is 9.62. The third kappa shape index (κ3) is 5.12. The van der Waals surface area contributed by atoms with Gasteiger partial charge in [0.15, 0.2) is 10.7 Å². The first-order valence-corrected chi connectivity index (χ1v) is 10.8. The molecule has 4 aromatic rings. The van der Waals surface area contributed by atoms with Crippen LogP contribution >= 0.6 is 12.2 Å². The third-order valence-corrected chi connectivity index (χ3v) is 5.34. The van der Waals surface area contributed by atoms with Gasteiger partial charge in [0.25, 0.3) is 0 Å². The molecule has 1 amide bonds. The minimum absolute atomic E-state index is 0.187. The maximum Gasteiger partial charge on any atom is 0.250 e. The predicted octanol–water partition coefficient (Wildman–Crippen LogP) is 6.13. The van der Waals surface area contributed by atoms with Gasteiger partial charge in [-0.3, -0.25) is 10.1 Å². The molecule has 6 nitrogen and oxygen atoms in total. The van der Waals surface area contributed by atoms with E-state index < -0.39 is 0 Å². The van der Waals surface area contributed by atoms with Crippen LogP contribution in [0.15, 0.2) is 75.8 Å². The molecule has 1 atom stereocenters. The number of hydrogen-bond acceptors (Lipinski definition) is 5. The Kier molecular flexibility index (Phi) is 6.47. The van der Waals surface area contributed by atoms with Crippen LogP contribution in [0, 0.1) is 0 Å². The minimum atomic E-state index is -0.355. The number of carbonyl (C=O) groups excluding carboxylic acids is 1. The molecule has 0 saturated carbocycles. The fraction of sp³-hybridized carbons (Fsp3) is 0.160. The number of furan rings is 1. The number of fused-ring (bicyclic) bond motifs is 1. The van der Waals surface area contributed by atoms with E-state index in [0.717, 1.165) is 23.1 Å². The Morgan fingerprint density at radius 2 is 2.06 bits per heavy atom. The summed E-state index contributed by atoms with van der Waals surface area (Å²) in [5.74, 6) is 1.23. The first kappa shape index (κ1) is 21.5. The van der Waals surface area contributed by atoms with E-state index in [1.54, 1.807) is 18.2 Å². The second-order valence-electron chi connectivity index (χ2n) is 7.43. The second-order valence-corrected chi connectivity index (χ2v) is 7.84. The fourth-order valence-corrected chi connectivity index (χ4v) is 3.42. The molecule has 162 valence electrons. The highest BCUT2D eigenvalue weighted by atomic mass is 32.1. The summed E-state index contributed by atoms with van der Waals surface area (Å²) in [7, 11) is 0. The maximum atomic E-state index is 12.0. The summed E-state index contributed by atoms with van der Waals surface area (Å²) in [6.45, 7) is 4.37. The number of amides is 1. The molecule has 2 N–H and O–H groups in total. The first-order valence-electron chi connectivity index (χ1n) is 10.4. The molecule has 0 fully saturated rings. The number of nitrogens with zero attached hydrogens (tertiary/aromatic N) is 1. The molecular formula is C25H23N3O3S. The molecule has 0 spiro atoms. The predicted molar refractivity (Wildman–Crippen MR) is 130 cm³/mol. The summed E-state index contributed by atoms with van der Waals surface area (Å²) in [4.78, 5) is 16.7. The molecule has 0 aliphatic heterocycles. The normalized spacial score (nSPS) is 12.2. The van der Waals surface area contributed by atoms with Crippen LogP contribution in [0.4, 0.5) is 5.69 Å². The van der Waals surface area contributed by atoms with Crippen LogP contribution in [0.1, 0.15) is 37.5 Å². The third-order valence-electron chi connectivity index (χ3n) is 5.14. The van der Waals surface area contributed by atoms with Gasteiger partial charge in [0.05, 0.1) is 6.26 Å². The molecule has 7 heteroatoms.